The van der Waals surface area contributed by atoms with Crippen molar-refractivity contribution in [1.29, 1.82) is 0 Å². The van der Waals surface area contributed by atoms with Crippen LogP contribution in [-0.4, -0.2) is 14.8 Å². The second-order valence-electron chi connectivity index (χ2n) is 5.39. The van der Waals surface area contributed by atoms with Crippen LogP contribution in [-0.2, 0) is 6.54 Å². The number of halogens is 3. The van der Waals surface area contributed by atoms with Crippen molar-refractivity contribution >= 4 is 0 Å². The second-order valence-corrected chi connectivity index (χ2v) is 5.39. The lowest BCUT2D eigenvalue weighted by atomic mass is 10.1. The number of hydrogen-bond acceptors (Lipinski definition) is 3. The van der Waals surface area contributed by atoms with E-state index in [-0.39, 0.29) is 5.56 Å². The molecule has 24 heavy (non-hydrogen) atoms. The Morgan fingerprint density at radius 3 is 2.62 bits per heavy atom. The molecule has 1 unspecified atom stereocenters. The van der Waals surface area contributed by atoms with Gasteiger partial charge in [0.2, 0.25) is 0 Å². The Balaban J connectivity index is 1.70. The van der Waals surface area contributed by atoms with Crippen LogP contribution in [0.25, 0.3) is 5.69 Å². The average molecular weight is 332 g/mol. The summed E-state index contributed by atoms with van der Waals surface area (Å²) in [6, 6.07) is 7.61. The summed E-state index contributed by atoms with van der Waals surface area (Å²) in [6.07, 6.45) is 2.73. The van der Waals surface area contributed by atoms with Crippen LogP contribution in [0.1, 0.15) is 24.1 Å². The van der Waals surface area contributed by atoms with E-state index in [2.05, 4.69) is 15.4 Å². The molecule has 0 aliphatic heterocycles. The minimum atomic E-state index is -0.497. The van der Waals surface area contributed by atoms with Crippen molar-refractivity contribution in [3.8, 4) is 5.69 Å². The first-order valence-electron chi connectivity index (χ1n) is 7.36. The van der Waals surface area contributed by atoms with Gasteiger partial charge in [0, 0.05) is 18.2 Å². The van der Waals surface area contributed by atoms with Gasteiger partial charge >= 0.3 is 0 Å². The third kappa shape index (κ3) is 3.46. The molecule has 1 aromatic heterocycles. The van der Waals surface area contributed by atoms with Gasteiger partial charge in [-0.15, -0.1) is 0 Å². The normalized spacial score (nSPS) is 12.3. The van der Waals surface area contributed by atoms with E-state index >= 15 is 0 Å². The summed E-state index contributed by atoms with van der Waals surface area (Å²) >= 11 is 0. The lowest BCUT2D eigenvalue weighted by Gasteiger charge is -2.15. The summed E-state index contributed by atoms with van der Waals surface area (Å²) in [5, 5.41) is 6.94. The van der Waals surface area contributed by atoms with Crippen molar-refractivity contribution in [2.24, 2.45) is 0 Å². The standard InChI is InChI=1S/C17H15F3N4/c1-11(14-7-13(18)3-4-15(14)19)22-8-12-2-5-17(16(20)6-12)24-10-21-9-23-24/h2-7,9-11,22H,8H2,1H3. The topological polar surface area (TPSA) is 42.7 Å². The molecular weight excluding hydrogens is 317 g/mol. The minimum Gasteiger partial charge on any atom is -0.306 e. The van der Waals surface area contributed by atoms with Crippen LogP contribution in [0, 0.1) is 17.5 Å². The first-order valence-corrected chi connectivity index (χ1v) is 7.36. The van der Waals surface area contributed by atoms with Gasteiger partial charge in [-0.3, -0.25) is 0 Å². The fraction of sp³-hybridized carbons (Fsp3) is 0.176. The molecule has 7 heteroatoms. The molecular formula is C17H15F3N4. The van der Waals surface area contributed by atoms with Crippen LogP contribution in [0.5, 0.6) is 0 Å². The summed E-state index contributed by atoms with van der Waals surface area (Å²) < 4.78 is 42.5. The SMILES string of the molecule is CC(NCc1ccc(-n2cncn2)c(F)c1)c1cc(F)ccc1F. The predicted molar refractivity (Wildman–Crippen MR) is 82.9 cm³/mol. The first kappa shape index (κ1) is 16.2. The molecule has 1 heterocycles. The number of hydrogen-bond donors (Lipinski definition) is 1. The van der Waals surface area contributed by atoms with Crippen molar-refractivity contribution in [2.45, 2.75) is 19.5 Å². The molecule has 2 aromatic carbocycles. The smallest absolute Gasteiger partial charge is 0.149 e. The van der Waals surface area contributed by atoms with Crippen LogP contribution in [0.15, 0.2) is 49.1 Å². The molecule has 0 radical (unpaired) electrons. The highest BCUT2D eigenvalue weighted by molar-refractivity contribution is 5.35. The Morgan fingerprint density at radius 2 is 1.92 bits per heavy atom. The Bertz CT molecular complexity index is 834. The van der Waals surface area contributed by atoms with E-state index in [1.165, 1.54) is 23.4 Å². The largest absolute Gasteiger partial charge is 0.306 e. The molecule has 3 rings (SSSR count). The zero-order valence-electron chi connectivity index (χ0n) is 12.9. The predicted octanol–water partition coefficient (Wildman–Crippen LogP) is 3.54. The fourth-order valence-corrected chi connectivity index (χ4v) is 2.41. The zero-order chi connectivity index (χ0) is 17.1. The van der Waals surface area contributed by atoms with Crippen LogP contribution in [0.2, 0.25) is 0 Å². The van der Waals surface area contributed by atoms with Crippen LogP contribution < -0.4 is 5.32 Å². The summed E-state index contributed by atoms with van der Waals surface area (Å²) in [5.41, 5.74) is 1.20. The van der Waals surface area contributed by atoms with Crippen molar-refractivity contribution in [3.05, 3.63) is 77.6 Å². The molecule has 0 aliphatic rings. The molecule has 4 nitrogen and oxygen atoms in total. The number of benzene rings is 2. The van der Waals surface area contributed by atoms with Gasteiger partial charge < -0.3 is 5.32 Å². The molecule has 0 fully saturated rings. The van der Waals surface area contributed by atoms with E-state index in [9.17, 15) is 13.2 Å². The second kappa shape index (κ2) is 6.84. The number of nitrogens with zero attached hydrogens (tertiary/aromatic N) is 3. The molecule has 1 atom stereocenters. The summed E-state index contributed by atoms with van der Waals surface area (Å²) in [5.74, 6) is -1.42. The van der Waals surface area contributed by atoms with E-state index in [1.807, 2.05) is 0 Å². The molecule has 124 valence electrons. The molecule has 0 spiro atoms. The van der Waals surface area contributed by atoms with E-state index in [4.69, 9.17) is 0 Å². The molecule has 0 amide bonds. The van der Waals surface area contributed by atoms with E-state index < -0.39 is 23.5 Å². The van der Waals surface area contributed by atoms with Gasteiger partial charge in [-0.05, 0) is 42.8 Å². The van der Waals surface area contributed by atoms with Gasteiger partial charge in [0.15, 0.2) is 0 Å². The Morgan fingerprint density at radius 1 is 1.08 bits per heavy atom. The Hall–Kier alpha value is -2.67. The summed E-state index contributed by atoms with van der Waals surface area (Å²) in [4.78, 5) is 3.78. The van der Waals surface area contributed by atoms with Gasteiger partial charge in [-0.25, -0.2) is 22.8 Å². The highest BCUT2D eigenvalue weighted by Crippen LogP contribution is 2.19. The summed E-state index contributed by atoms with van der Waals surface area (Å²) in [7, 11) is 0. The molecule has 1 N–H and O–H groups in total. The monoisotopic (exact) mass is 332 g/mol. The van der Waals surface area contributed by atoms with Crippen molar-refractivity contribution in [1.82, 2.24) is 20.1 Å². The van der Waals surface area contributed by atoms with Crippen molar-refractivity contribution in [2.75, 3.05) is 0 Å². The van der Waals surface area contributed by atoms with Crippen LogP contribution >= 0.6 is 0 Å². The molecule has 0 saturated heterocycles. The maximum Gasteiger partial charge on any atom is 0.149 e. The Labute approximate surface area is 137 Å². The maximum absolute atomic E-state index is 14.2. The quantitative estimate of drug-likeness (QED) is 0.777. The van der Waals surface area contributed by atoms with Gasteiger partial charge in [0.25, 0.3) is 0 Å². The highest BCUT2D eigenvalue weighted by Gasteiger charge is 2.12. The first-order chi connectivity index (χ1) is 11.5. The van der Waals surface area contributed by atoms with Gasteiger partial charge in [0.1, 0.15) is 35.8 Å². The highest BCUT2D eigenvalue weighted by atomic mass is 19.1. The van der Waals surface area contributed by atoms with Crippen LogP contribution in [0.4, 0.5) is 13.2 Å². The Kier molecular flexibility index (Phi) is 4.61. The number of rotatable bonds is 5. The van der Waals surface area contributed by atoms with Crippen molar-refractivity contribution < 1.29 is 13.2 Å². The van der Waals surface area contributed by atoms with Gasteiger partial charge in [-0.1, -0.05) is 6.07 Å². The maximum atomic E-state index is 14.2. The molecule has 0 aliphatic carbocycles. The lowest BCUT2D eigenvalue weighted by Crippen LogP contribution is -2.19. The van der Waals surface area contributed by atoms with Gasteiger partial charge in [-0.2, -0.15) is 5.10 Å². The van der Waals surface area contributed by atoms with Gasteiger partial charge in [0.05, 0.1) is 0 Å². The number of aromatic nitrogens is 3. The minimum absolute atomic E-state index is 0.231. The fourth-order valence-electron chi connectivity index (χ4n) is 2.41. The lowest BCUT2D eigenvalue weighted by molar-refractivity contribution is 0.517. The van der Waals surface area contributed by atoms with E-state index in [0.717, 1.165) is 18.2 Å². The average Bonchev–Trinajstić information content (AvgIpc) is 3.09. The summed E-state index contributed by atoms with van der Waals surface area (Å²) in [6.45, 7) is 2.03. The third-order valence-corrected chi connectivity index (χ3v) is 3.71. The van der Waals surface area contributed by atoms with E-state index in [0.29, 0.717) is 17.8 Å². The molecule has 3 aromatic rings. The molecule has 0 bridgehead atoms. The third-order valence-electron chi connectivity index (χ3n) is 3.71. The zero-order valence-corrected chi connectivity index (χ0v) is 12.9. The number of nitrogens with one attached hydrogen (secondary N) is 1. The van der Waals surface area contributed by atoms with E-state index in [1.54, 1.807) is 19.1 Å². The molecule has 0 saturated carbocycles. The van der Waals surface area contributed by atoms with Crippen LogP contribution in [0.3, 0.4) is 0 Å². The van der Waals surface area contributed by atoms with Crippen molar-refractivity contribution in [3.63, 3.8) is 0 Å².